The van der Waals surface area contributed by atoms with Crippen molar-refractivity contribution in [1.29, 1.82) is 5.26 Å². The van der Waals surface area contributed by atoms with Crippen LogP contribution in [-0.4, -0.2) is 11.3 Å². The number of nitrogens with zero attached hydrogens (tertiary/aromatic N) is 1. The van der Waals surface area contributed by atoms with Crippen LogP contribution in [0.5, 0.6) is 0 Å². The predicted molar refractivity (Wildman–Crippen MR) is 56.4 cm³/mol. The molecular weight excluding hydrogens is 288 g/mol. The van der Waals surface area contributed by atoms with E-state index in [2.05, 4.69) is 0 Å². The van der Waals surface area contributed by atoms with Crippen LogP contribution in [-0.2, 0) is 11.8 Å². The van der Waals surface area contributed by atoms with Gasteiger partial charge in [0, 0.05) is 0 Å². The summed E-state index contributed by atoms with van der Waals surface area (Å²) < 4.78 is 76.5. The molecule has 0 amide bonds. The van der Waals surface area contributed by atoms with Gasteiger partial charge in [-0.05, 0) is 24.1 Å². The van der Waals surface area contributed by atoms with Crippen molar-refractivity contribution < 1.29 is 31.4 Å². The van der Waals surface area contributed by atoms with Gasteiger partial charge < -0.3 is 5.11 Å². The molecule has 1 unspecified atom stereocenters. The Morgan fingerprint density at radius 3 is 2.05 bits per heavy atom. The summed E-state index contributed by atoms with van der Waals surface area (Å²) in [6, 6.07) is 2.70. The second kappa shape index (κ2) is 4.98. The standard InChI is InChI=1S/C12H9F6NO/c1-2-10(20,12(16,17)18)8-4-3-7(6-19)9(5-8)11(13,14)15/h3-5,20H,2H2,1H3. The third kappa shape index (κ3) is 2.72. The van der Waals surface area contributed by atoms with Gasteiger partial charge in [-0.25, -0.2) is 0 Å². The van der Waals surface area contributed by atoms with Crippen LogP contribution in [0.2, 0.25) is 0 Å². The summed E-state index contributed by atoms with van der Waals surface area (Å²) >= 11 is 0. The molecule has 0 saturated heterocycles. The number of halogens is 6. The van der Waals surface area contributed by atoms with Crippen molar-refractivity contribution >= 4 is 0 Å². The van der Waals surface area contributed by atoms with Crippen molar-refractivity contribution in [3.63, 3.8) is 0 Å². The highest BCUT2D eigenvalue weighted by Crippen LogP contribution is 2.43. The molecule has 0 aromatic heterocycles. The van der Waals surface area contributed by atoms with Gasteiger partial charge in [0.15, 0.2) is 5.60 Å². The van der Waals surface area contributed by atoms with Gasteiger partial charge in [-0.3, -0.25) is 0 Å². The van der Waals surface area contributed by atoms with E-state index in [9.17, 15) is 31.4 Å². The monoisotopic (exact) mass is 297 g/mol. The summed E-state index contributed by atoms with van der Waals surface area (Å²) in [5.41, 5.74) is -6.64. The SMILES string of the molecule is CCC(O)(c1ccc(C#N)c(C(F)(F)F)c1)C(F)(F)F. The highest BCUT2D eigenvalue weighted by Gasteiger charge is 2.54. The Hall–Kier alpha value is -1.75. The van der Waals surface area contributed by atoms with Gasteiger partial charge in [0.1, 0.15) is 0 Å². The molecule has 8 heteroatoms. The molecule has 0 spiro atoms. The van der Waals surface area contributed by atoms with Crippen molar-refractivity contribution in [3.05, 3.63) is 34.9 Å². The van der Waals surface area contributed by atoms with Gasteiger partial charge in [0.05, 0.1) is 17.2 Å². The van der Waals surface area contributed by atoms with Crippen LogP contribution >= 0.6 is 0 Å². The highest BCUT2D eigenvalue weighted by atomic mass is 19.4. The van der Waals surface area contributed by atoms with E-state index in [1.165, 1.54) is 6.07 Å². The molecule has 20 heavy (non-hydrogen) atoms. The van der Waals surface area contributed by atoms with Gasteiger partial charge in [-0.1, -0.05) is 13.0 Å². The first-order chi connectivity index (χ1) is 8.97. The van der Waals surface area contributed by atoms with Crippen molar-refractivity contribution in [3.8, 4) is 6.07 Å². The number of benzene rings is 1. The number of alkyl halides is 6. The summed E-state index contributed by atoms with van der Waals surface area (Å²) in [5, 5.41) is 18.2. The molecule has 0 radical (unpaired) electrons. The zero-order chi connectivity index (χ0) is 15.8. The molecule has 0 heterocycles. The van der Waals surface area contributed by atoms with Crippen LogP contribution in [0.25, 0.3) is 0 Å². The lowest BCUT2D eigenvalue weighted by Gasteiger charge is -2.30. The molecule has 0 fully saturated rings. The maximum atomic E-state index is 12.8. The molecule has 0 aliphatic heterocycles. The Balaban J connectivity index is 3.54. The molecular formula is C12H9F6NO. The molecule has 0 aliphatic carbocycles. The van der Waals surface area contributed by atoms with Gasteiger partial charge >= 0.3 is 12.4 Å². The topological polar surface area (TPSA) is 44.0 Å². The van der Waals surface area contributed by atoms with Gasteiger partial charge in [-0.2, -0.15) is 31.6 Å². The molecule has 1 rings (SSSR count). The minimum atomic E-state index is -5.13. The maximum Gasteiger partial charge on any atom is 0.421 e. The maximum absolute atomic E-state index is 12.8. The summed E-state index contributed by atoms with van der Waals surface area (Å²) in [6.45, 7) is 0.999. The Morgan fingerprint density at radius 2 is 1.70 bits per heavy atom. The first kappa shape index (κ1) is 16.3. The second-order valence-electron chi connectivity index (χ2n) is 4.08. The van der Waals surface area contributed by atoms with E-state index < -0.39 is 41.1 Å². The zero-order valence-electron chi connectivity index (χ0n) is 10.1. The van der Waals surface area contributed by atoms with E-state index in [1.807, 2.05) is 0 Å². The van der Waals surface area contributed by atoms with E-state index in [1.54, 1.807) is 0 Å². The Bertz CT molecular complexity index is 542. The van der Waals surface area contributed by atoms with Crippen LogP contribution < -0.4 is 0 Å². The molecule has 1 N–H and O–H groups in total. The normalized spacial score (nSPS) is 15.6. The lowest BCUT2D eigenvalue weighted by Crippen LogP contribution is -2.41. The zero-order valence-corrected chi connectivity index (χ0v) is 10.1. The summed E-state index contributed by atoms with van der Waals surface area (Å²) in [6.07, 6.45) is -11.0. The van der Waals surface area contributed by atoms with Crippen LogP contribution in [0.4, 0.5) is 26.3 Å². The number of hydrogen-bond donors (Lipinski definition) is 1. The molecule has 0 saturated carbocycles. The van der Waals surface area contributed by atoms with Crippen molar-refractivity contribution in [2.24, 2.45) is 0 Å². The average Bonchev–Trinajstić information content (AvgIpc) is 2.34. The summed E-state index contributed by atoms with van der Waals surface area (Å²) in [4.78, 5) is 0. The fourth-order valence-corrected chi connectivity index (χ4v) is 1.70. The van der Waals surface area contributed by atoms with E-state index in [4.69, 9.17) is 5.26 Å². The van der Waals surface area contributed by atoms with Crippen molar-refractivity contribution in [2.45, 2.75) is 31.3 Å². The van der Waals surface area contributed by atoms with E-state index in [-0.39, 0.29) is 6.07 Å². The van der Waals surface area contributed by atoms with E-state index in [0.29, 0.717) is 12.1 Å². The quantitative estimate of drug-likeness (QED) is 0.845. The molecule has 0 bridgehead atoms. The van der Waals surface area contributed by atoms with Crippen LogP contribution in [0.15, 0.2) is 18.2 Å². The summed E-state index contributed by atoms with van der Waals surface area (Å²) in [7, 11) is 0. The van der Waals surface area contributed by atoms with E-state index >= 15 is 0 Å². The molecule has 1 atom stereocenters. The molecule has 2 nitrogen and oxygen atoms in total. The fourth-order valence-electron chi connectivity index (χ4n) is 1.70. The largest absolute Gasteiger partial charge is 0.421 e. The first-order valence-electron chi connectivity index (χ1n) is 5.38. The van der Waals surface area contributed by atoms with Gasteiger partial charge in [-0.15, -0.1) is 0 Å². The molecule has 1 aromatic rings. The third-order valence-electron chi connectivity index (χ3n) is 2.90. The number of nitriles is 1. The fraction of sp³-hybridized carbons (Fsp3) is 0.417. The van der Waals surface area contributed by atoms with Crippen LogP contribution in [0, 0.1) is 11.3 Å². The van der Waals surface area contributed by atoms with Gasteiger partial charge in [0.2, 0.25) is 0 Å². The molecule has 110 valence electrons. The third-order valence-corrected chi connectivity index (χ3v) is 2.90. The lowest BCUT2D eigenvalue weighted by molar-refractivity contribution is -0.267. The van der Waals surface area contributed by atoms with Crippen LogP contribution in [0.1, 0.15) is 30.0 Å². The van der Waals surface area contributed by atoms with Crippen LogP contribution in [0.3, 0.4) is 0 Å². The smallest absolute Gasteiger partial charge is 0.376 e. The predicted octanol–water partition coefficient (Wildman–Crippen LogP) is 3.74. The number of rotatable bonds is 2. The minimum absolute atomic E-state index is 0.162. The van der Waals surface area contributed by atoms with Crippen molar-refractivity contribution in [1.82, 2.24) is 0 Å². The second-order valence-corrected chi connectivity index (χ2v) is 4.08. The van der Waals surface area contributed by atoms with Gasteiger partial charge in [0.25, 0.3) is 0 Å². The first-order valence-corrected chi connectivity index (χ1v) is 5.38. The highest BCUT2D eigenvalue weighted by molar-refractivity contribution is 5.44. The summed E-state index contributed by atoms with van der Waals surface area (Å²) in [5.74, 6) is 0. The van der Waals surface area contributed by atoms with E-state index in [0.717, 1.165) is 6.92 Å². The average molecular weight is 297 g/mol. The Kier molecular flexibility index (Phi) is 4.06. The number of hydrogen-bond acceptors (Lipinski definition) is 2. The molecule has 0 aliphatic rings. The minimum Gasteiger partial charge on any atom is -0.376 e. The number of aliphatic hydroxyl groups is 1. The molecule has 1 aromatic carbocycles. The Labute approximate surface area is 110 Å². The Morgan fingerprint density at radius 1 is 1.15 bits per heavy atom. The lowest BCUT2D eigenvalue weighted by atomic mass is 9.88. The van der Waals surface area contributed by atoms with Crippen molar-refractivity contribution in [2.75, 3.05) is 0 Å².